The van der Waals surface area contributed by atoms with Gasteiger partial charge < -0.3 is 4.42 Å². The van der Waals surface area contributed by atoms with Crippen LogP contribution < -0.4 is 5.43 Å². The molecule has 0 aromatic heterocycles. The maximum absolute atomic E-state index is 13.4. The quantitative estimate of drug-likeness (QED) is 0.560. The minimum atomic E-state index is -1.10. The van der Waals surface area contributed by atoms with Crippen molar-refractivity contribution in [1.82, 2.24) is 4.98 Å². The molecule has 0 radical (unpaired) electrons. The van der Waals surface area contributed by atoms with Crippen molar-refractivity contribution in [3.63, 3.8) is 0 Å². The minimum Gasteiger partial charge on any atom is -0.449 e. The summed E-state index contributed by atoms with van der Waals surface area (Å²) in [6.45, 7) is 0. The van der Waals surface area contributed by atoms with Crippen LogP contribution in [0.2, 0.25) is 0 Å². The summed E-state index contributed by atoms with van der Waals surface area (Å²) >= 11 is 0. The molecule has 2 aliphatic rings. The molecule has 0 unspecified atom stereocenters. The van der Waals surface area contributed by atoms with Crippen molar-refractivity contribution in [1.29, 1.82) is 0 Å². The Hall–Kier alpha value is -2.30. The molecule has 1 aliphatic carbocycles. The number of rotatable bonds is 0. The van der Waals surface area contributed by atoms with Gasteiger partial charge in [0.2, 0.25) is 5.82 Å². The van der Waals surface area contributed by atoms with E-state index in [1.54, 1.807) is 0 Å². The molecule has 3 nitrogen and oxygen atoms in total. The minimum absolute atomic E-state index is 0.134. The molecule has 84 valence electrons. The van der Waals surface area contributed by atoms with E-state index in [0.29, 0.717) is 5.69 Å². The molecular formula is C12H5F2NO2. The lowest BCUT2D eigenvalue weighted by molar-refractivity contribution is 0.489. The number of hydrogen-bond donors (Lipinski definition) is 0. The molecule has 0 spiro atoms. The highest BCUT2D eigenvalue weighted by Crippen LogP contribution is 2.26. The SMILES string of the molecule is O=c1ccc2nc3ccc(F)c(F)c3oc-2c1. The van der Waals surface area contributed by atoms with Crippen LogP contribution in [0.4, 0.5) is 8.78 Å². The van der Waals surface area contributed by atoms with E-state index >= 15 is 0 Å². The first-order valence-electron chi connectivity index (χ1n) is 4.84. The van der Waals surface area contributed by atoms with E-state index in [4.69, 9.17) is 4.42 Å². The number of halogens is 2. The van der Waals surface area contributed by atoms with Crippen molar-refractivity contribution in [2.75, 3.05) is 0 Å². The lowest BCUT2D eigenvalue weighted by atomic mass is 10.2. The van der Waals surface area contributed by atoms with Gasteiger partial charge in [-0.15, -0.1) is 0 Å². The van der Waals surface area contributed by atoms with Gasteiger partial charge in [0.15, 0.2) is 22.6 Å². The Kier molecular flexibility index (Phi) is 1.95. The molecule has 0 atom stereocenters. The van der Waals surface area contributed by atoms with Gasteiger partial charge >= 0.3 is 0 Å². The van der Waals surface area contributed by atoms with E-state index in [-0.39, 0.29) is 22.3 Å². The third-order valence-corrected chi connectivity index (χ3v) is 2.41. The van der Waals surface area contributed by atoms with Gasteiger partial charge in [0.05, 0.1) is 0 Å². The van der Waals surface area contributed by atoms with E-state index in [9.17, 15) is 13.6 Å². The predicted octanol–water partition coefficient (Wildman–Crippen LogP) is 2.57. The third kappa shape index (κ3) is 1.47. The monoisotopic (exact) mass is 233 g/mol. The van der Waals surface area contributed by atoms with E-state index in [1.165, 1.54) is 24.3 Å². The van der Waals surface area contributed by atoms with Crippen LogP contribution in [0.3, 0.4) is 0 Å². The molecule has 1 aliphatic heterocycles. The first-order valence-corrected chi connectivity index (χ1v) is 4.84. The molecular weight excluding hydrogens is 228 g/mol. The fourth-order valence-corrected chi connectivity index (χ4v) is 1.62. The summed E-state index contributed by atoms with van der Waals surface area (Å²) in [5, 5.41) is 0. The van der Waals surface area contributed by atoms with E-state index < -0.39 is 11.6 Å². The molecule has 1 heterocycles. The number of hydrogen-bond acceptors (Lipinski definition) is 3. The van der Waals surface area contributed by atoms with Crippen molar-refractivity contribution in [3.05, 3.63) is 52.2 Å². The van der Waals surface area contributed by atoms with E-state index in [0.717, 1.165) is 6.07 Å². The highest BCUT2D eigenvalue weighted by atomic mass is 19.2. The fourth-order valence-electron chi connectivity index (χ4n) is 1.62. The zero-order valence-corrected chi connectivity index (χ0v) is 8.41. The van der Waals surface area contributed by atoms with Crippen LogP contribution in [-0.2, 0) is 0 Å². The number of benzene rings is 2. The molecule has 0 saturated heterocycles. The van der Waals surface area contributed by atoms with Gasteiger partial charge in [-0.05, 0) is 24.3 Å². The molecule has 1 aromatic carbocycles. The van der Waals surface area contributed by atoms with Crippen molar-refractivity contribution in [2.45, 2.75) is 0 Å². The second-order valence-electron chi connectivity index (χ2n) is 3.55. The number of aromatic nitrogens is 1. The van der Waals surface area contributed by atoms with Crippen molar-refractivity contribution in [2.24, 2.45) is 0 Å². The number of nitrogens with zero attached hydrogens (tertiary/aromatic N) is 1. The average molecular weight is 233 g/mol. The maximum Gasteiger partial charge on any atom is 0.203 e. The molecule has 0 N–H and O–H groups in total. The van der Waals surface area contributed by atoms with Gasteiger partial charge in [0.25, 0.3) is 0 Å². The Bertz CT molecular complexity index is 751. The standard InChI is InChI=1S/C12H5F2NO2/c13-7-2-4-9-12(11(7)14)17-10-5-6(16)1-3-8(10)15-9/h1-5H. The predicted molar refractivity (Wildman–Crippen MR) is 56.8 cm³/mol. The molecule has 5 heteroatoms. The van der Waals surface area contributed by atoms with Crippen LogP contribution in [0.25, 0.3) is 22.6 Å². The van der Waals surface area contributed by atoms with Crippen LogP contribution in [0.5, 0.6) is 0 Å². The molecule has 1 aromatic rings. The highest BCUT2D eigenvalue weighted by molar-refractivity contribution is 5.76. The Balaban J connectivity index is 2.50. The summed E-state index contributed by atoms with van der Waals surface area (Å²) in [4.78, 5) is 15.2. The fraction of sp³-hybridized carbons (Fsp3) is 0. The van der Waals surface area contributed by atoms with Gasteiger partial charge in [-0.2, -0.15) is 4.39 Å². The smallest absolute Gasteiger partial charge is 0.203 e. The van der Waals surface area contributed by atoms with Gasteiger partial charge in [0, 0.05) is 6.07 Å². The summed E-state index contributed by atoms with van der Waals surface area (Å²) in [5.41, 5.74) is 0.0560. The van der Waals surface area contributed by atoms with Crippen LogP contribution in [0.1, 0.15) is 0 Å². The lowest BCUT2D eigenvalue weighted by Crippen LogP contribution is -2.00. The number of fused-ring (bicyclic) bond motifs is 2. The molecule has 17 heavy (non-hydrogen) atoms. The van der Waals surface area contributed by atoms with Gasteiger partial charge in [-0.3, -0.25) is 4.79 Å². The molecule has 0 amide bonds. The Labute approximate surface area is 93.7 Å². The van der Waals surface area contributed by atoms with Crippen LogP contribution >= 0.6 is 0 Å². The Morgan fingerprint density at radius 1 is 1.12 bits per heavy atom. The molecule has 3 rings (SSSR count). The molecule has 0 saturated carbocycles. The zero-order valence-electron chi connectivity index (χ0n) is 8.41. The molecule has 0 fully saturated rings. The molecule has 0 bridgehead atoms. The summed E-state index contributed by atoms with van der Waals surface area (Å²) in [6.07, 6.45) is 0. The second kappa shape index (κ2) is 3.35. The summed E-state index contributed by atoms with van der Waals surface area (Å²) in [7, 11) is 0. The summed E-state index contributed by atoms with van der Waals surface area (Å²) < 4.78 is 31.6. The Morgan fingerprint density at radius 2 is 1.94 bits per heavy atom. The van der Waals surface area contributed by atoms with E-state index in [1.807, 2.05) is 0 Å². The van der Waals surface area contributed by atoms with Gasteiger partial charge in [-0.25, -0.2) is 9.37 Å². The maximum atomic E-state index is 13.4. The second-order valence-corrected chi connectivity index (χ2v) is 3.55. The normalized spacial score (nSPS) is 11.2. The van der Waals surface area contributed by atoms with Gasteiger partial charge in [0.1, 0.15) is 11.2 Å². The van der Waals surface area contributed by atoms with Crippen LogP contribution in [0.15, 0.2) is 39.5 Å². The van der Waals surface area contributed by atoms with Crippen molar-refractivity contribution in [3.8, 4) is 11.5 Å². The Morgan fingerprint density at radius 3 is 2.76 bits per heavy atom. The summed E-state index contributed by atoms with van der Waals surface area (Å²) in [6, 6.07) is 6.29. The first-order chi connectivity index (χ1) is 8.15. The zero-order chi connectivity index (χ0) is 12.0. The van der Waals surface area contributed by atoms with Crippen molar-refractivity contribution < 1.29 is 13.2 Å². The third-order valence-electron chi connectivity index (χ3n) is 2.41. The van der Waals surface area contributed by atoms with E-state index in [2.05, 4.69) is 4.98 Å². The topological polar surface area (TPSA) is 43.1 Å². The van der Waals surface area contributed by atoms with Crippen LogP contribution in [0, 0.1) is 11.6 Å². The van der Waals surface area contributed by atoms with Crippen molar-refractivity contribution >= 4 is 11.1 Å². The first kappa shape index (κ1) is 9.89. The van der Waals surface area contributed by atoms with Gasteiger partial charge in [-0.1, -0.05) is 0 Å². The summed E-state index contributed by atoms with van der Waals surface area (Å²) in [5.74, 6) is -1.98. The van der Waals surface area contributed by atoms with Crippen LogP contribution in [-0.4, -0.2) is 4.98 Å². The highest BCUT2D eigenvalue weighted by Gasteiger charge is 2.14. The lowest BCUT2D eigenvalue weighted by Gasteiger charge is -2.05. The largest absolute Gasteiger partial charge is 0.449 e. The average Bonchev–Trinajstić information content (AvgIpc) is 2.32.